The highest BCUT2D eigenvalue weighted by Gasteiger charge is 2.23. The molecule has 7 nitrogen and oxygen atoms in total. The van der Waals surface area contributed by atoms with Crippen molar-refractivity contribution in [2.24, 2.45) is 7.05 Å². The molecule has 4 rings (SSSR count). The minimum atomic E-state index is -0.283. The number of fused-ring (bicyclic) bond motifs is 1. The van der Waals surface area contributed by atoms with Crippen LogP contribution in [0.3, 0.4) is 0 Å². The van der Waals surface area contributed by atoms with Crippen molar-refractivity contribution in [3.63, 3.8) is 0 Å². The van der Waals surface area contributed by atoms with Gasteiger partial charge in [-0.15, -0.1) is 0 Å². The average Bonchev–Trinajstić information content (AvgIpc) is 2.79. The van der Waals surface area contributed by atoms with Gasteiger partial charge < -0.3 is 14.8 Å². The molecule has 0 radical (unpaired) electrons. The van der Waals surface area contributed by atoms with Gasteiger partial charge in [-0.1, -0.05) is 34.8 Å². The van der Waals surface area contributed by atoms with Crippen LogP contribution in [-0.2, 0) is 7.05 Å². The van der Waals surface area contributed by atoms with Crippen molar-refractivity contribution in [3.05, 3.63) is 55.5 Å². The Labute approximate surface area is 201 Å². The number of nitrogens with zero attached hydrogens (tertiary/aromatic N) is 5. The average molecular weight is 494 g/mol. The molecule has 4 heterocycles. The van der Waals surface area contributed by atoms with Gasteiger partial charge in [0.2, 0.25) is 0 Å². The van der Waals surface area contributed by atoms with E-state index in [2.05, 4.69) is 26.3 Å². The highest BCUT2D eigenvalue weighted by atomic mass is 35.5. The van der Waals surface area contributed by atoms with E-state index in [1.165, 1.54) is 11.0 Å². The molecule has 0 unspecified atom stereocenters. The number of aromatic nitrogens is 3. The molecule has 0 bridgehead atoms. The summed E-state index contributed by atoms with van der Waals surface area (Å²) in [5.74, 6) is 0.679. The molecule has 32 heavy (non-hydrogen) atoms. The van der Waals surface area contributed by atoms with Gasteiger partial charge in [-0.3, -0.25) is 4.79 Å². The third kappa shape index (κ3) is 5.26. The second-order valence-electron chi connectivity index (χ2n) is 7.26. The van der Waals surface area contributed by atoms with E-state index in [4.69, 9.17) is 34.8 Å². The highest BCUT2D eigenvalue weighted by molar-refractivity contribution is 6.35. The highest BCUT2D eigenvalue weighted by Crippen LogP contribution is 2.30. The smallest absolute Gasteiger partial charge is 0.270 e. The van der Waals surface area contributed by atoms with Gasteiger partial charge in [0, 0.05) is 32.9 Å². The number of nitrogens with one attached hydrogen (secondary N) is 1. The number of anilines is 2. The molecule has 1 fully saturated rings. The summed E-state index contributed by atoms with van der Waals surface area (Å²) in [4.78, 5) is 22.9. The van der Waals surface area contributed by atoms with E-state index in [1.807, 2.05) is 6.92 Å². The van der Waals surface area contributed by atoms with E-state index in [0.29, 0.717) is 37.7 Å². The van der Waals surface area contributed by atoms with E-state index in [9.17, 15) is 10.1 Å². The third-order valence-electron chi connectivity index (χ3n) is 5.12. The van der Waals surface area contributed by atoms with E-state index < -0.39 is 0 Å². The van der Waals surface area contributed by atoms with Crippen LogP contribution < -0.4 is 15.8 Å². The minimum absolute atomic E-state index is 0.154. The number of pyridine rings is 3. The van der Waals surface area contributed by atoms with Gasteiger partial charge in [0.1, 0.15) is 28.1 Å². The third-order valence-corrected chi connectivity index (χ3v) is 5.82. The van der Waals surface area contributed by atoms with E-state index in [0.717, 1.165) is 32.5 Å². The predicted octanol–water partition coefficient (Wildman–Crippen LogP) is 5.27. The number of rotatable bonds is 3. The lowest BCUT2D eigenvalue weighted by molar-refractivity contribution is 0.578. The summed E-state index contributed by atoms with van der Waals surface area (Å²) >= 11 is 17.5. The topological polar surface area (TPSA) is 86.8 Å². The largest absolute Gasteiger partial charge is 0.369 e. The summed E-state index contributed by atoms with van der Waals surface area (Å²) in [5, 5.41) is 13.9. The molecule has 1 aliphatic heterocycles. The van der Waals surface area contributed by atoms with Crippen molar-refractivity contribution in [1.29, 1.82) is 5.26 Å². The first-order valence-electron chi connectivity index (χ1n) is 10.3. The fourth-order valence-corrected chi connectivity index (χ4v) is 4.20. The van der Waals surface area contributed by atoms with Crippen LogP contribution in [0.2, 0.25) is 15.2 Å². The lowest BCUT2D eigenvalue weighted by Gasteiger charge is -2.30. The van der Waals surface area contributed by atoms with Crippen molar-refractivity contribution in [2.75, 3.05) is 29.9 Å². The Kier molecular flexibility index (Phi) is 8.19. The van der Waals surface area contributed by atoms with Gasteiger partial charge in [0.25, 0.3) is 5.56 Å². The number of hydrogen-bond acceptors (Lipinski definition) is 6. The molecule has 1 saturated heterocycles. The van der Waals surface area contributed by atoms with Crippen molar-refractivity contribution in [1.82, 2.24) is 14.5 Å². The molecule has 0 atom stereocenters. The van der Waals surface area contributed by atoms with Crippen molar-refractivity contribution in [3.8, 4) is 6.07 Å². The van der Waals surface area contributed by atoms with E-state index in [-0.39, 0.29) is 11.1 Å². The Morgan fingerprint density at radius 3 is 2.53 bits per heavy atom. The van der Waals surface area contributed by atoms with Gasteiger partial charge in [-0.05, 0) is 44.4 Å². The van der Waals surface area contributed by atoms with Crippen molar-refractivity contribution in [2.45, 2.75) is 26.2 Å². The zero-order chi connectivity index (χ0) is 23.3. The van der Waals surface area contributed by atoms with Crippen LogP contribution in [0.5, 0.6) is 0 Å². The van der Waals surface area contributed by atoms with Crippen LogP contribution in [-0.4, -0.2) is 34.2 Å². The van der Waals surface area contributed by atoms with Gasteiger partial charge in [0.05, 0.1) is 21.2 Å². The number of hydrogen-bond donors (Lipinski definition) is 1. The van der Waals surface area contributed by atoms with Crippen molar-refractivity contribution < 1.29 is 0 Å². The Bertz CT molecular complexity index is 1210. The molecule has 0 amide bonds. The second kappa shape index (κ2) is 10.9. The van der Waals surface area contributed by atoms with E-state index >= 15 is 0 Å². The Morgan fingerprint density at radius 2 is 1.91 bits per heavy atom. The first-order chi connectivity index (χ1) is 15.4. The molecule has 3 aromatic heterocycles. The number of aryl methyl sites for hydroxylation is 1. The lowest BCUT2D eigenvalue weighted by Crippen LogP contribution is -2.33. The maximum absolute atomic E-state index is 12.4. The standard InChI is InChI=1S/C15H15ClN4O.C7H8Cl2N2/c1-19-11-5-6-12(16)18-13(11)14(10(9-17)15(19)21)20-7-3-2-4-8-20;1-2-10-7-6(9)3-5(8)4-11-7/h5-6H,2-4,7-8H2,1H3;3-4H,2H2,1H3,(H,10,11). The summed E-state index contributed by atoms with van der Waals surface area (Å²) in [5.41, 5.74) is 1.83. The SMILES string of the molecule is CCNc1ncc(Cl)cc1Cl.Cn1c(=O)c(C#N)c(N2CCCCC2)c2nc(Cl)ccc21. The summed E-state index contributed by atoms with van der Waals surface area (Å²) in [7, 11) is 1.65. The van der Waals surface area contributed by atoms with Crippen LogP contribution in [0.1, 0.15) is 31.7 Å². The molecule has 10 heteroatoms. The number of piperidine rings is 1. The summed E-state index contributed by atoms with van der Waals surface area (Å²) in [6.07, 6.45) is 4.85. The predicted molar refractivity (Wildman–Crippen MR) is 131 cm³/mol. The van der Waals surface area contributed by atoms with Crippen LogP contribution in [0.4, 0.5) is 11.5 Å². The van der Waals surface area contributed by atoms with Crippen LogP contribution in [0, 0.1) is 11.3 Å². The summed E-state index contributed by atoms with van der Waals surface area (Å²) < 4.78 is 1.46. The van der Waals surface area contributed by atoms with Crippen molar-refractivity contribution >= 4 is 57.3 Å². The van der Waals surface area contributed by atoms with Gasteiger partial charge in [-0.2, -0.15) is 5.26 Å². The minimum Gasteiger partial charge on any atom is -0.369 e. The summed E-state index contributed by atoms with van der Waals surface area (Å²) in [6, 6.07) is 7.16. The molecule has 1 aliphatic rings. The first-order valence-corrected chi connectivity index (χ1v) is 11.4. The maximum Gasteiger partial charge on any atom is 0.270 e. The molecule has 3 aromatic rings. The second-order valence-corrected chi connectivity index (χ2v) is 8.49. The molecule has 0 saturated carbocycles. The fraction of sp³-hybridized carbons (Fsp3) is 0.364. The molecule has 168 valence electrons. The van der Waals surface area contributed by atoms with Gasteiger partial charge in [-0.25, -0.2) is 9.97 Å². The zero-order valence-electron chi connectivity index (χ0n) is 17.8. The van der Waals surface area contributed by atoms with Crippen LogP contribution in [0.15, 0.2) is 29.2 Å². The van der Waals surface area contributed by atoms with Crippen LogP contribution >= 0.6 is 34.8 Å². The quantitative estimate of drug-likeness (QED) is 0.500. The van der Waals surface area contributed by atoms with E-state index in [1.54, 1.807) is 31.4 Å². The first kappa shape index (κ1) is 24.1. The summed E-state index contributed by atoms with van der Waals surface area (Å²) in [6.45, 7) is 4.46. The Hall–Kier alpha value is -2.53. The molecule has 0 aromatic carbocycles. The van der Waals surface area contributed by atoms with Gasteiger partial charge in [0.15, 0.2) is 0 Å². The molecule has 0 spiro atoms. The maximum atomic E-state index is 12.4. The van der Waals surface area contributed by atoms with Crippen LogP contribution in [0.25, 0.3) is 11.0 Å². The zero-order valence-corrected chi connectivity index (χ0v) is 20.1. The Morgan fingerprint density at radius 1 is 1.19 bits per heavy atom. The normalized spacial score (nSPS) is 13.3. The number of nitriles is 1. The molecular weight excluding hydrogens is 471 g/mol. The lowest BCUT2D eigenvalue weighted by atomic mass is 10.1. The number of halogens is 3. The monoisotopic (exact) mass is 492 g/mol. The fourth-order valence-electron chi connectivity index (χ4n) is 3.61. The Balaban J connectivity index is 0.000000222. The molecule has 1 N–H and O–H groups in total. The van der Waals surface area contributed by atoms with Gasteiger partial charge >= 0.3 is 0 Å². The molecular formula is C22H23Cl3N6O. The molecule has 0 aliphatic carbocycles.